The third-order valence-electron chi connectivity index (χ3n) is 1.74. The molecule has 1 nitrogen and oxygen atoms in total. The molecular formula is C10H14ClNS. The van der Waals surface area contributed by atoms with Gasteiger partial charge in [-0.2, -0.15) is 0 Å². The number of hydrogen-bond acceptors (Lipinski definition) is 2. The summed E-state index contributed by atoms with van der Waals surface area (Å²) in [6.07, 6.45) is 1.17. The van der Waals surface area contributed by atoms with Crippen LogP contribution in [0.4, 0.5) is 0 Å². The molecule has 0 saturated carbocycles. The Balaban J connectivity index is 2.85. The van der Waals surface area contributed by atoms with Crippen molar-refractivity contribution < 1.29 is 0 Å². The van der Waals surface area contributed by atoms with Crippen molar-refractivity contribution in [1.29, 1.82) is 0 Å². The first-order chi connectivity index (χ1) is 6.29. The first-order valence-electron chi connectivity index (χ1n) is 4.39. The summed E-state index contributed by atoms with van der Waals surface area (Å²) in [5.74, 6) is 1.12. The SMILES string of the molecule is CCCSc1cccc(Cl)c1CN. The minimum Gasteiger partial charge on any atom is -0.326 e. The summed E-state index contributed by atoms with van der Waals surface area (Å²) in [5, 5.41) is 0.781. The number of halogens is 1. The smallest absolute Gasteiger partial charge is 0.0462 e. The summed E-state index contributed by atoms with van der Waals surface area (Å²) in [4.78, 5) is 1.22. The van der Waals surface area contributed by atoms with Crippen LogP contribution in [0.2, 0.25) is 5.02 Å². The van der Waals surface area contributed by atoms with Crippen LogP contribution in [-0.2, 0) is 6.54 Å². The lowest BCUT2D eigenvalue weighted by atomic mass is 10.2. The zero-order valence-electron chi connectivity index (χ0n) is 7.72. The molecular weight excluding hydrogens is 202 g/mol. The summed E-state index contributed by atoms with van der Waals surface area (Å²) in [6.45, 7) is 2.69. The van der Waals surface area contributed by atoms with E-state index >= 15 is 0 Å². The van der Waals surface area contributed by atoms with Gasteiger partial charge in [0, 0.05) is 16.5 Å². The average molecular weight is 216 g/mol. The van der Waals surface area contributed by atoms with Gasteiger partial charge in [-0.1, -0.05) is 24.6 Å². The van der Waals surface area contributed by atoms with Crippen LogP contribution >= 0.6 is 23.4 Å². The van der Waals surface area contributed by atoms with Crippen molar-refractivity contribution in [2.45, 2.75) is 24.8 Å². The zero-order valence-corrected chi connectivity index (χ0v) is 9.29. The molecule has 0 saturated heterocycles. The van der Waals surface area contributed by atoms with E-state index in [1.54, 1.807) is 0 Å². The van der Waals surface area contributed by atoms with E-state index in [2.05, 4.69) is 13.0 Å². The highest BCUT2D eigenvalue weighted by atomic mass is 35.5. The van der Waals surface area contributed by atoms with Crippen molar-refractivity contribution in [3.63, 3.8) is 0 Å². The number of hydrogen-bond donors (Lipinski definition) is 1. The van der Waals surface area contributed by atoms with E-state index in [0.717, 1.165) is 16.3 Å². The van der Waals surface area contributed by atoms with Gasteiger partial charge < -0.3 is 5.73 Å². The van der Waals surface area contributed by atoms with E-state index in [1.807, 2.05) is 23.9 Å². The largest absolute Gasteiger partial charge is 0.326 e. The van der Waals surface area contributed by atoms with Gasteiger partial charge in [-0.15, -0.1) is 11.8 Å². The van der Waals surface area contributed by atoms with E-state index in [9.17, 15) is 0 Å². The van der Waals surface area contributed by atoms with Crippen LogP contribution in [0.1, 0.15) is 18.9 Å². The maximum absolute atomic E-state index is 6.02. The molecule has 0 aliphatic rings. The lowest BCUT2D eigenvalue weighted by Crippen LogP contribution is -1.99. The Bertz CT molecular complexity index is 276. The Kier molecular flexibility index (Phi) is 4.64. The van der Waals surface area contributed by atoms with Gasteiger partial charge in [0.05, 0.1) is 0 Å². The van der Waals surface area contributed by atoms with E-state index in [4.69, 9.17) is 17.3 Å². The minimum atomic E-state index is 0.520. The molecule has 0 fully saturated rings. The fourth-order valence-corrected chi connectivity index (χ4v) is 2.36. The maximum atomic E-state index is 6.02. The lowest BCUT2D eigenvalue weighted by Gasteiger charge is -2.07. The van der Waals surface area contributed by atoms with Crippen molar-refractivity contribution in [2.24, 2.45) is 5.73 Å². The van der Waals surface area contributed by atoms with Crippen molar-refractivity contribution >= 4 is 23.4 Å². The standard InChI is InChI=1S/C10H14ClNS/c1-2-6-13-10-5-3-4-9(11)8(10)7-12/h3-5H,2,6-7,12H2,1H3. The van der Waals surface area contributed by atoms with Crippen molar-refractivity contribution in [3.8, 4) is 0 Å². The molecule has 1 aromatic carbocycles. The molecule has 0 radical (unpaired) electrons. The second-order valence-corrected chi connectivity index (χ2v) is 4.31. The van der Waals surface area contributed by atoms with Crippen LogP contribution in [0.5, 0.6) is 0 Å². The lowest BCUT2D eigenvalue weighted by molar-refractivity contribution is 1.02. The van der Waals surface area contributed by atoms with Gasteiger partial charge in [-0.25, -0.2) is 0 Å². The quantitative estimate of drug-likeness (QED) is 0.780. The van der Waals surface area contributed by atoms with Gasteiger partial charge >= 0.3 is 0 Å². The third kappa shape index (κ3) is 2.90. The van der Waals surface area contributed by atoms with Gasteiger partial charge in [-0.3, -0.25) is 0 Å². The van der Waals surface area contributed by atoms with Gasteiger partial charge in [0.25, 0.3) is 0 Å². The van der Waals surface area contributed by atoms with Gasteiger partial charge in [0.2, 0.25) is 0 Å². The molecule has 0 heterocycles. The number of rotatable bonds is 4. The summed E-state index contributed by atoms with van der Waals surface area (Å²) in [7, 11) is 0. The molecule has 0 spiro atoms. The molecule has 0 unspecified atom stereocenters. The van der Waals surface area contributed by atoms with Crippen molar-refractivity contribution in [3.05, 3.63) is 28.8 Å². The molecule has 0 aliphatic heterocycles. The monoisotopic (exact) mass is 215 g/mol. The van der Waals surface area contributed by atoms with Crippen LogP contribution in [0.25, 0.3) is 0 Å². The summed E-state index contributed by atoms with van der Waals surface area (Å²) in [6, 6.07) is 5.94. The van der Waals surface area contributed by atoms with Crippen LogP contribution in [0.3, 0.4) is 0 Å². The second kappa shape index (κ2) is 5.53. The Morgan fingerprint density at radius 1 is 1.46 bits per heavy atom. The molecule has 0 atom stereocenters. The van der Waals surface area contributed by atoms with E-state index in [-0.39, 0.29) is 0 Å². The molecule has 3 heteroatoms. The fourth-order valence-electron chi connectivity index (χ4n) is 1.08. The highest BCUT2D eigenvalue weighted by molar-refractivity contribution is 7.99. The van der Waals surface area contributed by atoms with E-state index in [0.29, 0.717) is 6.54 Å². The molecule has 1 aromatic rings. The molecule has 0 aromatic heterocycles. The minimum absolute atomic E-state index is 0.520. The molecule has 0 aliphatic carbocycles. The highest BCUT2D eigenvalue weighted by Crippen LogP contribution is 2.28. The zero-order chi connectivity index (χ0) is 9.68. The molecule has 13 heavy (non-hydrogen) atoms. The van der Waals surface area contributed by atoms with Gasteiger partial charge in [0.15, 0.2) is 0 Å². The van der Waals surface area contributed by atoms with Crippen LogP contribution in [-0.4, -0.2) is 5.75 Å². The Morgan fingerprint density at radius 3 is 2.85 bits per heavy atom. The van der Waals surface area contributed by atoms with Crippen LogP contribution in [0, 0.1) is 0 Å². The number of benzene rings is 1. The maximum Gasteiger partial charge on any atom is 0.0462 e. The van der Waals surface area contributed by atoms with Crippen LogP contribution < -0.4 is 5.73 Å². The molecule has 0 amide bonds. The van der Waals surface area contributed by atoms with Gasteiger partial charge in [0.1, 0.15) is 0 Å². The Hall–Kier alpha value is -0.180. The van der Waals surface area contributed by atoms with E-state index < -0.39 is 0 Å². The number of nitrogens with two attached hydrogens (primary N) is 1. The van der Waals surface area contributed by atoms with Crippen LogP contribution in [0.15, 0.2) is 23.1 Å². The molecule has 0 bridgehead atoms. The Labute approximate surface area is 88.7 Å². The third-order valence-corrected chi connectivity index (χ3v) is 3.40. The van der Waals surface area contributed by atoms with Crippen molar-refractivity contribution in [2.75, 3.05) is 5.75 Å². The Morgan fingerprint density at radius 2 is 2.23 bits per heavy atom. The highest BCUT2D eigenvalue weighted by Gasteiger charge is 2.04. The topological polar surface area (TPSA) is 26.0 Å². The number of thioether (sulfide) groups is 1. The summed E-state index contributed by atoms with van der Waals surface area (Å²) in [5.41, 5.74) is 6.70. The molecule has 2 N–H and O–H groups in total. The van der Waals surface area contributed by atoms with Gasteiger partial charge in [-0.05, 0) is 29.9 Å². The molecule has 72 valence electrons. The predicted molar refractivity (Wildman–Crippen MR) is 60.4 cm³/mol. The first-order valence-corrected chi connectivity index (χ1v) is 5.76. The first kappa shape index (κ1) is 10.9. The average Bonchev–Trinajstić information content (AvgIpc) is 2.15. The summed E-state index contributed by atoms with van der Waals surface area (Å²) < 4.78 is 0. The predicted octanol–water partition coefficient (Wildman–Crippen LogP) is 3.30. The van der Waals surface area contributed by atoms with E-state index in [1.165, 1.54) is 11.3 Å². The summed E-state index contributed by atoms with van der Waals surface area (Å²) >= 11 is 7.84. The molecule has 1 rings (SSSR count). The normalized spacial score (nSPS) is 10.4. The second-order valence-electron chi connectivity index (χ2n) is 2.77. The van der Waals surface area contributed by atoms with Crippen molar-refractivity contribution in [1.82, 2.24) is 0 Å². The fraction of sp³-hybridized carbons (Fsp3) is 0.400.